The summed E-state index contributed by atoms with van der Waals surface area (Å²) in [5, 5.41) is 3.15. The molecule has 1 aromatic carbocycles. The Morgan fingerprint density at radius 1 is 1.14 bits per heavy atom. The number of amides is 1. The third kappa shape index (κ3) is 5.86. The number of benzene rings is 1. The van der Waals surface area contributed by atoms with E-state index in [1.54, 1.807) is 0 Å². The predicted octanol–water partition coefficient (Wildman–Crippen LogP) is 1.86. The molecule has 0 heterocycles. The summed E-state index contributed by atoms with van der Waals surface area (Å²) in [7, 11) is 6.01. The van der Waals surface area contributed by atoms with Crippen molar-refractivity contribution in [3.05, 3.63) is 35.4 Å². The van der Waals surface area contributed by atoms with Gasteiger partial charge in [0, 0.05) is 25.2 Å². The first-order valence-corrected chi connectivity index (χ1v) is 7.76. The van der Waals surface area contributed by atoms with E-state index in [-0.39, 0.29) is 5.91 Å². The number of nitrogens with one attached hydrogen (secondary N) is 1. The molecule has 0 aliphatic rings. The molecule has 1 rings (SSSR count). The number of rotatable bonds is 9. The first-order valence-electron chi connectivity index (χ1n) is 7.76. The maximum Gasteiger partial charge on any atom is 0.254 e. The average Bonchev–Trinajstić information content (AvgIpc) is 2.48. The molecule has 0 aliphatic heterocycles. The normalized spacial score (nSPS) is 10.9. The molecule has 0 saturated heterocycles. The molecule has 0 spiro atoms. The van der Waals surface area contributed by atoms with Gasteiger partial charge in [0.25, 0.3) is 5.91 Å². The molecule has 0 fully saturated rings. The van der Waals surface area contributed by atoms with Gasteiger partial charge in [-0.05, 0) is 52.2 Å². The zero-order chi connectivity index (χ0) is 15.7. The Bertz CT molecular complexity index is 432. The Morgan fingerprint density at radius 3 is 2.48 bits per heavy atom. The van der Waals surface area contributed by atoms with Crippen LogP contribution in [0.15, 0.2) is 24.3 Å². The fraction of sp³-hybridized carbons (Fsp3) is 0.588. The molecular weight excluding hydrogens is 262 g/mol. The second-order valence-corrected chi connectivity index (χ2v) is 5.61. The molecule has 0 unspecified atom stereocenters. The fourth-order valence-electron chi connectivity index (χ4n) is 2.28. The van der Waals surface area contributed by atoms with Gasteiger partial charge in [-0.1, -0.05) is 25.1 Å². The van der Waals surface area contributed by atoms with Crippen LogP contribution in [-0.2, 0) is 6.42 Å². The molecule has 1 aromatic rings. The number of likely N-dealkylation sites (N-methyl/N-ethyl adjacent to an activating group) is 2. The smallest absolute Gasteiger partial charge is 0.254 e. The van der Waals surface area contributed by atoms with E-state index < -0.39 is 0 Å². The van der Waals surface area contributed by atoms with Crippen LogP contribution in [0.3, 0.4) is 0 Å². The van der Waals surface area contributed by atoms with Gasteiger partial charge in [0.1, 0.15) is 0 Å². The van der Waals surface area contributed by atoms with Crippen LogP contribution < -0.4 is 5.32 Å². The maximum absolute atomic E-state index is 12.8. The third-order valence-corrected chi connectivity index (χ3v) is 3.49. The Hall–Kier alpha value is -1.39. The van der Waals surface area contributed by atoms with Gasteiger partial charge in [-0.2, -0.15) is 0 Å². The van der Waals surface area contributed by atoms with Crippen LogP contribution >= 0.6 is 0 Å². The van der Waals surface area contributed by atoms with E-state index in [1.807, 2.05) is 44.2 Å². The third-order valence-electron chi connectivity index (χ3n) is 3.49. The SMILES string of the molecule is CCCN(CCN(C)C)C(=O)c1ccccc1CCNC. The molecule has 1 amide bonds. The van der Waals surface area contributed by atoms with Crippen LogP contribution in [0.25, 0.3) is 0 Å². The van der Waals surface area contributed by atoms with Crippen LogP contribution in [0, 0.1) is 0 Å². The molecule has 0 atom stereocenters. The second-order valence-electron chi connectivity index (χ2n) is 5.61. The van der Waals surface area contributed by atoms with Crippen molar-refractivity contribution in [1.82, 2.24) is 15.1 Å². The largest absolute Gasteiger partial charge is 0.337 e. The minimum Gasteiger partial charge on any atom is -0.337 e. The van der Waals surface area contributed by atoms with Crippen LogP contribution in [0.4, 0.5) is 0 Å². The zero-order valence-corrected chi connectivity index (χ0v) is 13.9. The lowest BCUT2D eigenvalue weighted by atomic mass is 10.0. The van der Waals surface area contributed by atoms with Crippen molar-refractivity contribution in [1.29, 1.82) is 0 Å². The highest BCUT2D eigenvalue weighted by Crippen LogP contribution is 2.13. The summed E-state index contributed by atoms with van der Waals surface area (Å²) in [6, 6.07) is 7.96. The standard InChI is InChI=1S/C17H29N3O/c1-5-12-20(14-13-19(3)4)17(21)16-9-7-6-8-15(16)10-11-18-2/h6-9,18H,5,10-14H2,1-4H3. The van der Waals surface area contributed by atoms with Crippen molar-refractivity contribution >= 4 is 5.91 Å². The number of hydrogen-bond donors (Lipinski definition) is 1. The number of hydrogen-bond acceptors (Lipinski definition) is 3. The molecule has 0 radical (unpaired) electrons. The fourth-order valence-corrected chi connectivity index (χ4v) is 2.28. The maximum atomic E-state index is 12.8. The van der Waals surface area contributed by atoms with Gasteiger partial charge in [0.15, 0.2) is 0 Å². The summed E-state index contributed by atoms with van der Waals surface area (Å²) < 4.78 is 0. The summed E-state index contributed by atoms with van der Waals surface area (Å²) in [5.74, 6) is 0.158. The summed E-state index contributed by atoms with van der Waals surface area (Å²) in [4.78, 5) is 16.9. The number of nitrogens with zero attached hydrogens (tertiary/aromatic N) is 2. The van der Waals surface area contributed by atoms with Gasteiger partial charge in [-0.15, -0.1) is 0 Å². The van der Waals surface area contributed by atoms with E-state index in [4.69, 9.17) is 0 Å². The minimum atomic E-state index is 0.158. The predicted molar refractivity (Wildman–Crippen MR) is 88.8 cm³/mol. The van der Waals surface area contributed by atoms with Crippen LogP contribution in [0.1, 0.15) is 29.3 Å². The van der Waals surface area contributed by atoms with Gasteiger partial charge < -0.3 is 15.1 Å². The summed E-state index contributed by atoms with van der Waals surface area (Å²) in [6.45, 7) is 5.48. The van der Waals surface area contributed by atoms with Crippen molar-refractivity contribution in [2.45, 2.75) is 19.8 Å². The Morgan fingerprint density at radius 2 is 1.86 bits per heavy atom. The van der Waals surface area contributed by atoms with Gasteiger partial charge in [0.05, 0.1) is 0 Å². The minimum absolute atomic E-state index is 0.158. The van der Waals surface area contributed by atoms with Gasteiger partial charge in [-0.25, -0.2) is 0 Å². The number of carbonyl (C=O) groups excluding carboxylic acids is 1. The lowest BCUT2D eigenvalue weighted by molar-refractivity contribution is 0.0744. The van der Waals surface area contributed by atoms with E-state index in [9.17, 15) is 4.79 Å². The van der Waals surface area contributed by atoms with Crippen molar-refractivity contribution in [3.8, 4) is 0 Å². The first-order chi connectivity index (χ1) is 10.1. The number of carbonyl (C=O) groups is 1. The second kappa shape index (κ2) is 9.53. The molecular formula is C17H29N3O. The van der Waals surface area contributed by atoms with Crippen molar-refractivity contribution in [2.24, 2.45) is 0 Å². The van der Waals surface area contributed by atoms with Crippen molar-refractivity contribution in [2.75, 3.05) is 47.3 Å². The molecule has 0 bridgehead atoms. The van der Waals surface area contributed by atoms with Crippen LogP contribution in [0.5, 0.6) is 0 Å². The first kappa shape index (κ1) is 17.7. The molecule has 0 aliphatic carbocycles. The van der Waals surface area contributed by atoms with Crippen LogP contribution in [-0.4, -0.2) is 63.0 Å². The highest BCUT2D eigenvalue weighted by molar-refractivity contribution is 5.95. The van der Waals surface area contributed by atoms with E-state index in [0.29, 0.717) is 0 Å². The Labute approximate surface area is 129 Å². The van der Waals surface area contributed by atoms with E-state index in [2.05, 4.69) is 23.2 Å². The molecule has 4 nitrogen and oxygen atoms in total. The van der Waals surface area contributed by atoms with Crippen LogP contribution in [0.2, 0.25) is 0 Å². The molecule has 4 heteroatoms. The van der Waals surface area contributed by atoms with E-state index in [1.165, 1.54) is 0 Å². The molecule has 118 valence electrons. The lowest BCUT2D eigenvalue weighted by Crippen LogP contribution is -2.37. The topological polar surface area (TPSA) is 35.6 Å². The Balaban J connectivity index is 2.86. The van der Waals surface area contributed by atoms with Gasteiger partial charge >= 0.3 is 0 Å². The van der Waals surface area contributed by atoms with Gasteiger partial charge in [0.2, 0.25) is 0 Å². The quantitative estimate of drug-likeness (QED) is 0.754. The highest BCUT2D eigenvalue weighted by Gasteiger charge is 2.17. The average molecular weight is 291 g/mol. The zero-order valence-electron chi connectivity index (χ0n) is 13.9. The molecule has 0 saturated carbocycles. The lowest BCUT2D eigenvalue weighted by Gasteiger charge is -2.25. The highest BCUT2D eigenvalue weighted by atomic mass is 16.2. The van der Waals surface area contributed by atoms with Crippen molar-refractivity contribution in [3.63, 3.8) is 0 Å². The van der Waals surface area contributed by atoms with E-state index in [0.717, 1.165) is 50.1 Å². The summed E-state index contributed by atoms with van der Waals surface area (Å²) in [6.07, 6.45) is 1.86. The molecule has 1 N–H and O–H groups in total. The van der Waals surface area contributed by atoms with Gasteiger partial charge in [-0.3, -0.25) is 4.79 Å². The summed E-state index contributed by atoms with van der Waals surface area (Å²) >= 11 is 0. The summed E-state index contributed by atoms with van der Waals surface area (Å²) in [5.41, 5.74) is 1.97. The molecule has 0 aromatic heterocycles. The van der Waals surface area contributed by atoms with Crippen molar-refractivity contribution < 1.29 is 4.79 Å². The molecule has 21 heavy (non-hydrogen) atoms. The van der Waals surface area contributed by atoms with E-state index >= 15 is 0 Å². The Kier molecular flexibility index (Phi) is 8.01. The monoisotopic (exact) mass is 291 g/mol.